The Morgan fingerprint density at radius 1 is 1.16 bits per heavy atom. The first-order valence-corrected chi connectivity index (χ1v) is 5.56. The maximum absolute atomic E-state index is 10.7. The van der Waals surface area contributed by atoms with Crippen molar-refractivity contribution >= 4 is 16.9 Å². The SMILES string of the molecule is O=C(O)c1ccc(-c2cc3ccc(O)cc3o2)nc1. The van der Waals surface area contributed by atoms with E-state index in [0.717, 1.165) is 5.39 Å². The van der Waals surface area contributed by atoms with Gasteiger partial charge >= 0.3 is 5.97 Å². The number of benzene rings is 1. The fourth-order valence-electron chi connectivity index (χ4n) is 1.81. The van der Waals surface area contributed by atoms with Gasteiger partial charge in [-0.1, -0.05) is 0 Å². The lowest BCUT2D eigenvalue weighted by atomic mass is 10.2. The number of hydrogen-bond donors (Lipinski definition) is 2. The van der Waals surface area contributed by atoms with E-state index in [1.54, 1.807) is 24.3 Å². The van der Waals surface area contributed by atoms with E-state index in [1.807, 2.05) is 0 Å². The fourth-order valence-corrected chi connectivity index (χ4v) is 1.81. The molecule has 3 aromatic rings. The number of carbonyl (C=O) groups is 1. The second-order valence-electron chi connectivity index (χ2n) is 4.07. The molecule has 2 aromatic heterocycles. The van der Waals surface area contributed by atoms with Gasteiger partial charge in [-0.3, -0.25) is 4.98 Å². The van der Waals surface area contributed by atoms with Crippen molar-refractivity contribution in [2.75, 3.05) is 0 Å². The van der Waals surface area contributed by atoms with Gasteiger partial charge in [0.15, 0.2) is 5.76 Å². The van der Waals surface area contributed by atoms with E-state index in [1.165, 1.54) is 18.3 Å². The first kappa shape index (κ1) is 11.3. The van der Waals surface area contributed by atoms with Crippen LogP contribution in [-0.2, 0) is 0 Å². The number of pyridine rings is 1. The highest BCUT2D eigenvalue weighted by atomic mass is 16.4. The number of aromatic carboxylic acids is 1. The molecule has 2 N–H and O–H groups in total. The summed E-state index contributed by atoms with van der Waals surface area (Å²) in [5.74, 6) is -0.367. The van der Waals surface area contributed by atoms with Gasteiger partial charge in [0.05, 0.1) is 5.56 Å². The monoisotopic (exact) mass is 255 g/mol. The van der Waals surface area contributed by atoms with Crippen LogP contribution in [0.25, 0.3) is 22.4 Å². The van der Waals surface area contributed by atoms with Crippen molar-refractivity contribution in [1.29, 1.82) is 0 Å². The third-order valence-corrected chi connectivity index (χ3v) is 2.77. The van der Waals surface area contributed by atoms with Crippen LogP contribution in [0, 0.1) is 0 Å². The molecule has 0 atom stereocenters. The van der Waals surface area contributed by atoms with E-state index in [9.17, 15) is 9.90 Å². The van der Waals surface area contributed by atoms with E-state index < -0.39 is 5.97 Å². The minimum absolute atomic E-state index is 0.123. The van der Waals surface area contributed by atoms with Crippen LogP contribution in [0.4, 0.5) is 0 Å². The summed E-state index contributed by atoms with van der Waals surface area (Å²) < 4.78 is 5.57. The Labute approximate surface area is 107 Å². The fraction of sp³-hybridized carbons (Fsp3) is 0. The Morgan fingerprint density at radius 2 is 2.00 bits per heavy atom. The van der Waals surface area contributed by atoms with Gasteiger partial charge in [0, 0.05) is 17.6 Å². The van der Waals surface area contributed by atoms with Gasteiger partial charge in [0.1, 0.15) is 17.0 Å². The Morgan fingerprint density at radius 3 is 2.68 bits per heavy atom. The molecule has 0 unspecified atom stereocenters. The molecule has 94 valence electrons. The molecule has 0 saturated carbocycles. The minimum Gasteiger partial charge on any atom is -0.508 e. The predicted octanol–water partition coefficient (Wildman–Crippen LogP) is 2.90. The summed E-state index contributed by atoms with van der Waals surface area (Å²) in [6, 6.07) is 9.67. The highest BCUT2D eigenvalue weighted by Gasteiger charge is 2.09. The lowest BCUT2D eigenvalue weighted by Crippen LogP contribution is -1.96. The molecule has 5 nitrogen and oxygen atoms in total. The number of aromatic hydroxyl groups is 1. The summed E-state index contributed by atoms with van der Waals surface area (Å²) >= 11 is 0. The molecular formula is C14H9NO4. The van der Waals surface area contributed by atoms with Crippen LogP contribution in [0.3, 0.4) is 0 Å². The third-order valence-electron chi connectivity index (χ3n) is 2.77. The number of phenols is 1. The molecule has 0 radical (unpaired) electrons. The molecule has 0 saturated heterocycles. The van der Waals surface area contributed by atoms with Gasteiger partial charge in [0.25, 0.3) is 0 Å². The first-order valence-electron chi connectivity index (χ1n) is 5.56. The Kier molecular flexibility index (Phi) is 2.45. The smallest absolute Gasteiger partial charge is 0.337 e. The number of carboxylic acid groups (broad SMARTS) is 1. The van der Waals surface area contributed by atoms with Crippen LogP contribution in [0.5, 0.6) is 5.75 Å². The number of rotatable bonds is 2. The average Bonchev–Trinajstić information content (AvgIpc) is 2.81. The van der Waals surface area contributed by atoms with Crippen molar-refractivity contribution in [2.45, 2.75) is 0 Å². The largest absolute Gasteiger partial charge is 0.508 e. The second kappa shape index (κ2) is 4.13. The average molecular weight is 255 g/mol. The van der Waals surface area contributed by atoms with Crippen LogP contribution in [0.1, 0.15) is 10.4 Å². The van der Waals surface area contributed by atoms with Gasteiger partial charge in [-0.2, -0.15) is 0 Å². The molecule has 0 amide bonds. The number of fused-ring (bicyclic) bond motifs is 1. The maximum Gasteiger partial charge on any atom is 0.337 e. The molecule has 0 aliphatic rings. The highest BCUT2D eigenvalue weighted by Crippen LogP contribution is 2.28. The van der Waals surface area contributed by atoms with Crippen molar-refractivity contribution in [1.82, 2.24) is 4.98 Å². The molecule has 0 spiro atoms. The Hall–Kier alpha value is -2.82. The zero-order valence-corrected chi connectivity index (χ0v) is 9.70. The van der Waals surface area contributed by atoms with Gasteiger partial charge in [-0.05, 0) is 30.3 Å². The van der Waals surface area contributed by atoms with E-state index in [2.05, 4.69) is 4.98 Å². The molecule has 3 rings (SSSR count). The Bertz CT molecular complexity index is 759. The minimum atomic E-state index is -1.02. The summed E-state index contributed by atoms with van der Waals surface area (Å²) in [5, 5.41) is 19.0. The summed E-state index contributed by atoms with van der Waals surface area (Å²) in [6.07, 6.45) is 1.28. The van der Waals surface area contributed by atoms with Crippen LogP contribution in [-0.4, -0.2) is 21.2 Å². The third kappa shape index (κ3) is 2.01. The van der Waals surface area contributed by atoms with Gasteiger partial charge < -0.3 is 14.6 Å². The van der Waals surface area contributed by atoms with E-state index in [0.29, 0.717) is 17.0 Å². The lowest BCUT2D eigenvalue weighted by molar-refractivity contribution is 0.0696. The summed E-state index contributed by atoms with van der Waals surface area (Å²) in [5.41, 5.74) is 1.22. The van der Waals surface area contributed by atoms with Crippen LogP contribution in [0.2, 0.25) is 0 Å². The molecule has 0 bridgehead atoms. The molecule has 2 heterocycles. The predicted molar refractivity (Wildman–Crippen MR) is 68.1 cm³/mol. The zero-order chi connectivity index (χ0) is 13.4. The van der Waals surface area contributed by atoms with Crippen molar-refractivity contribution in [3.8, 4) is 17.2 Å². The number of aromatic nitrogens is 1. The lowest BCUT2D eigenvalue weighted by Gasteiger charge is -1.96. The molecule has 19 heavy (non-hydrogen) atoms. The van der Waals surface area contributed by atoms with E-state index in [-0.39, 0.29) is 11.3 Å². The number of phenolic OH excluding ortho intramolecular Hbond substituents is 1. The zero-order valence-electron chi connectivity index (χ0n) is 9.70. The summed E-state index contributed by atoms with van der Waals surface area (Å²) in [7, 11) is 0. The van der Waals surface area contributed by atoms with Gasteiger partial charge in [0.2, 0.25) is 0 Å². The number of hydrogen-bond acceptors (Lipinski definition) is 4. The van der Waals surface area contributed by atoms with Crippen molar-refractivity contribution < 1.29 is 19.4 Å². The van der Waals surface area contributed by atoms with Crippen LogP contribution in [0.15, 0.2) is 47.0 Å². The Balaban J connectivity index is 2.06. The molecule has 0 aliphatic carbocycles. The molecule has 5 heteroatoms. The highest BCUT2D eigenvalue weighted by molar-refractivity contribution is 5.88. The standard InChI is InChI=1S/C14H9NO4/c16-10-3-1-8-5-13(19-12(8)6-10)11-4-2-9(7-15-11)14(17)18/h1-7,16H,(H,17,18). The second-order valence-corrected chi connectivity index (χ2v) is 4.07. The number of carboxylic acids is 1. The topological polar surface area (TPSA) is 83.6 Å². The normalized spacial score (nSPS) is 10.7. The van der Waals surface area contributed by atoms with Gasteiger partial charge in [-0.15, -0.1) is 0 Å². The maximum atomic E-state index is 10.7. The summed E-state index contributed by atoms with van der Waals surface area (Å²) in [4.78, 5) is 14.8. The van der Waals surface area contributed by atoms with Crippen molar-refractivity contribution in [2.24, 2.45) is 0 Å². The summed E-state index contributed by atoms with van der Waals surface area (Å²) in [6.45, 7) is 0. The number of nitrogens with zero attached hydrogens (tertiary/aromatic N) is 1. The van der Waals surface area contributed by atoms with Crippen molar-refractivity contribution in [3.63, 3.8) is 0 Å². The van der Waals surface area contributed by atoms with Crippen molar-refractivity contribution in [3.05, 3.63) is 48.2 Å². The van der Waals surface area contributed by atoms with E-state index in [4.69, 9.17) is 9.52 Å². The van der Waals surface area contributed by atoms with Gasteiger partial charge in [-0.25, -0.2) is 4.79 Å². The van der Waals surface area contributed by atoms with Crippen LogP contribution >= 0.6 is 0 Å². The molecular weight excluding hydrogens is 246 g/mol. The molecule has 1 aromatic carbocycles. The van der Waals surface area contributed by atoms with E-state index >= 15 is 0 Å². The molecule has 0 aliphatic heterocycles. The van der Waals surface area contributed by atoms with Crippen LogP contribution < -0.4 is 0 Å². The first-order chi connectivity index (χ1) is 9.13. The quantitative estimate of drug-likeness (QED) is 0.735. The number of furan rings is 1. The molecule has 0 fully saturated rings.